The molecule has 0 radical (unpaired) electrons. The molecular weight excluding hydrogens is 363 g/mol. The molecule has 2 fully saturated rings. The van der Waals surface area contributed by atoms with Crippen molar-refractivity contribution in [1.29, 1.82) is 0 Å². The van der Waals surface area contributed by atoms with Crippen LogP contribution >= 0.6 is 0 Å². The predicted molar refractivity (Wildman–Crippen MR) is 93.9 cm³/mol. The van der Waals surface area contributed by atoms with E-state index in [1.165, 1.54) is 50.7 Å². The van der Waals surface area contributed by atoms with Crippen LogP contribution < -0.4 is 4.74 Å². The molecule has 6 heteroatoms. The molecule has 0 heterocycles. The van der Waals surface area contributed by atoms with E-state index in [-0.39, 0.29) is 0 Å². The molecule has 0 amide bonds. The van der Waals surface area contributed by atoms with E-state index in [0.717, 1.165) is 36.2 Å². The first kappa shape index (κ1) is 20.4. The molecule has 152 valence electrons. The van der Waals surface area contributed by atoms with E-state index in [4.69, 9.17) is 0 Å². The number of alkyl halides is 5. The Hall–Kier alpha value is -1.33. The van der Waals surface area contributed by atoms with Crippen LogP contribution in [0.1, 0.15) is 69.8 Å². The van der Waals surface area contributed by atoms with E-state index in [9.17, 15) is 22.0 Å². The zero-order valence-corrected chi connectivity index (χ0v) is 15.6. The molecule has 3 rings (SSSR count). The van der Waals surface area contributed by atoms with Crippen molar-refractivity contribution in [2.45, 2.75) is 76.5 Å². The van der Waals surface area contributed by atoms with Crippen LogP contribution in [0.2, 0.25) is 0 Å². The molecule has 2 saturated carbocycles. The summed E-state index contributed by atoms with van der Waals surface area (Å²) in [6.45, 7) is 2.32. The van der Waals surface area contributed by atoms with Gasteiger partial charge in [-0.3, -0.25) is 0 Å². The van der Waals surface area contributed by atoms with Gasteiger partial charge >= 0.3 is 12.3 Å². The van der Waals surface area contributed by atoms with Gasteiger partial charge in [0.05, 0.1) is 0 Å². The monoisotopic (exact) mass is 390 g/mol. The SMILES string of the molecule is C[C@H]1CC[C@H]([C@H]2CC[C@H](c3ccc(OC(F)(F)C(F)(F)F)cc3)CC2)CC1. The lowest BCUT2D eigenvalue weighted by Gasteiger charge is -2.37. The minimum atomic E-state index is -5.72. The molecule has 27 heavy (non-hydrogen) atoms. The molecule has 2 aliphatic carbocycles. The third kappa shape index (κ3) is 4.94. The van der Waals surface area contributed by atoms with Crippen molar-refractivity contribution in [2.75, 3.05) is 0 Å². The number of rotatable bonds is 4. The van der Waals surface area contributed by atoms with E-state index < -0.39 is 18.0 Å². The molecule has 0 unspecified atom stereocenters. The van der Waals surface area contributed by atoms with Crippen molar-refractivity contribution in [3.63, 3.8) is 0 Å². The van der Waals surface area contributed by atoms with Gasteiger partial charge in [-0.15, -0.1) is 0 Å². The van der Waals surface area contributed by atoms with E-state index in [0.29, 0.717) is 5.92 Å². The predicted octanol–water partition coefficient (Wildman–Crippen LogP) is 7.32. The van der Waals surface area contributed by atoms with Crippen LogP contribution in [0.3, 0.4) is 0 Å². The fourth-order valence-corrected chi connectivity index (χ4v) is 4.70. The highest BCUT2D eigenvalue weighted by Gasteiger charge is 2.61. The molecule has 0 aliphatic heterocycles. The maximum absolute atomic E-state index is 13.0. The van der Waals surface area contributed by atoms with Gasteiger partial charge in [0.1, 0.15) is 5.75 Å². The highest BCUT2D eigenvalue weighted by Crippen LogP contribution is 2.44. The van der Waals surface area contributed by atoms with Gasteiger partial charge < -0.3 is 4.74 Å². The van der Waals surface area contributed by atoms with E-state index in [2.05, 4.69) is 11.7 Å². The Morgan fingerprint density at radius 2 is 1.22 bits per heavy atom. The van der Waals surface area contributed by atoms with Gasteiger partial charge in [-0.2, -0.15) is 22.0 Å². The van der Waals surface area contributed by atoms with Crippen LogP contribution in [0.5, 0.6) is 5.75 Å². The third-order valence-corrected chi connectivity index (χ3v) is 6.43. The minimum Gasteiger partial charge on any atom is -0.426 e. The molecule has 2 aliphatic rings. The first-order valence-corrected chi connectivity index (χ1v) is 9.89. The standard InChI is InChI=1S/C21H27F5O/c1-14-2-4-15(5-3-14)16-6-8-17(9-7-16)18-10-12-19(13-11-18)27-21(25,26)20(22,23)24/h10-17H,2-9H2,1H3/t14-,15-,16-,17-. The van der Waals surface area contributed by atoms with Crippen molar-refractivity contribution in [1.82, 2.24) is 0 Å². The van der Waals surface area contributed by atoms with Crippen molar-refractivity contribution in [2.24, 2.45) is 17.8 Å². The van der Waals surface area contributed by atoms with Gasteiger partial charge in [0.15, 0.2) is 0 Å². The largest absolute Gasteiger partial charge is 0.499 e. The number of hydrogen-bond acceptors (Lipinski definition) is 1. The summed E-state index contributed by atoms with van der Waals surface area (Å²) in [7, 11) is 0. The highest BCUT2D eigenvalue weighted by molar-refractivity contribution is 5.30. The summed E-state index contributed by atoms with van der Waals surface area (Å²) in [6, 6.07) is 5.66. The lowest BCUT2D eigenvalue weighted by molar-refractivity contribution is -0.360. The molecule has 1 nitrogen and oxygen atoms in total. The molecule has 0 N–H and O–H groups in total. The molecule has 0 spiro atoms. The van der Waals surface area contributed by atoms with Crippen LogP contribution in [0.15, 0.2) is 24.3 Å². The van der Waals surface area contributed by atoms with Gasteiger partial charge in [-0.25, -0.2) is 0 Å². The first-order chi connectivity index (χ1) is 12.7. The molecule has 0 atom stereocenters. The van der Waals surface area contributed by atoms with E-state index in [1.54, 1.807) is 12.1 Å². The second-order valence-electron chi connectivity index (χ2n) is 8.32. The number of halogens is 5. The third-order valence-electron chi connectivity index (χ3n) is 6.43. The maximum Gasteiger partial charge on any atom is 0.499 e. The Balaban J connectivity index is 1.53. The van der Waals surface area contributed by atoms with Gasteiger partial charge in [0.25, 0.3) is 0 Å². The second-order valence-corrected chi connectivity index (χ2v) is 8.32. The Morgan fingerprint density at radius 1 is 0.741 bits per heavy atom. The van der Waals surface area contributed by atoms with Crippen molar-refractivity contribution in [3.8, 4) is 5.75 Å². The summed E-state index contributed by atoms with van der Waals surface area (Å²) in [6.07, 6.45) is -1.13. The summed E-state index contributed by atoms with van der Waals surface area (Å²) in [5.74, 6) is 2.35. The van der Waals surface area contributed by atoms with Crippen molar-refractivity contribution < 1.29 is 26.7 Å². The number of benzene rings is 1. The number of ether oxygens (including phenoxy) is 1. The molecule has 0 bridgehead atoms. The molecular formula is C21H27F5O. The smallest absolute Gasteiger partial charge is 0.426 e. The van der Waals surface area contributed by atoms with Crippen LogP contribution in [0.4, 0.5) is 22.0 Å². The summed E-state index contributed by atoms with van der Waals surface area (Å²) in [5, 5.41) is 0. The fourth-order valence-electron chi connectivity index (χ4n) is 4.70. The van der Waals surface area contributed by atoms with E-state index >= 15 is 0 Å². The summed E-state index contributed by atoms with van der Waals surface area (Å²) in [5.41, 5.74) is 0.994. The summed E-state index contributed by atoms with van der Waals surface area (Å²) >= 11 is 0. The highest BCUT2D eigenvalue weighted by atomic mass is 19.4. The average Bonchev–Trinajstić information content (AvgIpc) is 2.62. The van der Waals surface area contributed by atoms with E-state index in [1.807, 2.05) is 0 Å². The molecule has 0 aromatic heterocycles. The van der Waals surface area contributed by atoms with Gasteiger partial charge in [-0.05, 0) is 79.9 Å². The van der Waals surface area contributed by atoms with Crippen LogP contribution in [-0.4, -0.2) is 12.3 Å². The zero-order chi connectivity index (χ0) is 19.7. The van der Waals surface area contributed by atoms with Crippen molar-refractivity contribution in [3.05, 3.63) is 29.8 Å². The molecule has 0 saturated heterocycles. The lowest BCUT2D eigenvalue weighted by Crippen LogP contribution is -2.41. The van der Waals surface area contributed by atoms with Crippen LogP contribution in [0.25, 0.3) is 0 Å². The summed E-state index contributed by atoms with van der Waals surface area (Å²) in [4.78, 5) is 0. The average molecular weight is 390 g/mol. The Labute approximate surface area is 157 Å². The topological polar surface area (TPSA) is 9.23 Å². The summed E-state index contributed by atoms with van der Waals surface area (Å²) < 4.78 is 66.5. The van der Waals surface area contributed by atoms with Crippen LogP contribution in [-0.2, 0) is 0 Å². The quantitative estimate of drug-likeness (QED) is 0.489. The number of hydrogen-bond donors (Lipinski definition) is 0. The Morgan fingerprint density at radius 3 is 1.70 bits per heavy atom. The second kappa shape index (κ2) is 7.96. The fraction of sp³-hybridized carbons (Fsp3) is 0.714. The maximum atomic E-state index is 13.0. The molecule has 1 aromatic rings. The minimum absolute atomic E-state index is 0.348. The van der Waals surface area contributed by atoms with Gasteiger partial charge in [0, 0.05) is 0 Å². The molecule has 1 aromatic carbocycles. The normalized spacial score (nSPS) is 30.1. The Bertz CT molecular complexity index is 594. The van der Waals surface area contributed by atoms with Gasteiger partial charge in [0.2, 0.25) is 0 Å². The van der Waals surface area contributed by atoms with Gasteiger partial charge in [-0.1, -0.05) is 31.9 Å². The lowest BCUT2D eigenvalue weighted by atomic mass is 9.68. The first-order valence-electron chi connectivity index (χ1n) is 9.89. The Kier molecular flexibility index (Phi) is 6.02. The van der Waals surface area contributed by atoms with Crippen LogP contribution in [0, 0.1) is 17.8 Å². The van der Waals surface area contributed by atoms with Crippen molar-refractivity contribution >= 4 is 0 Å². The zero-order valence-electron chi connectivity index (χ0n) is 15.6.